The highest BCUT2D eigenvalue weighted by Gasteiger charge is 2.28. The van der Waals surface area contributed by atoms with Crippen LogP contribution < -0.4 is 5.32 Å². The molecule has 1 aliphatic heterocycles. The van der Waals surface area contributed by atoms with E-state index in [9.17, 15) is 17.2 Å². The van der Waals surface area contributed by atoms with Crippen molar-refractivity contribution in [3.05, 3.63) is 35.4 Å². The number of piperazine rings is 1. The molecule has 0 radical (unpaired) electrons. The van der Waals surface area contributed by atoms with Crippen LogP contribution in [0.1, 0.15) is 19.4 Å². The fourth-order valence-corrected chi connectivity index (χ4v) is 4.36. The van der Waals surface area contributed by atoms with Crippen LogP contribution in [0.25, 0.3) is 0 Å². The Kier molecular flexibility index (Phi) is 8.79. The van der Waals surface area contributed by atoms with Gasteiger partial charge in [-0.05, 0) is 44.0 Å². The highest BCUT2D eigenvalue weighted by Crippen LogP contribution is 2.11. The lowest BCUT2D eigenvalue weighted by Crippen LogP contribution is -2.54. The minimum absolute atomic E-state index is 0.00250. The molecule has 0 bridgehead atoms. The smallest absolute Gasteiger partial charge is 0.216 e. The van der Waals surface area contributed by atoms with Gasteiger partial charge in [0.2, 0.25) is 10.0 Å². The van der Waals surface area contributed by atoms with Crippen LogP contribution in [-0.4, -0.2) is 81.8 Å². The first-order chi connectivity index (χ1) is 13.7. The standard InChI is InChI=1S/C19H30F2N4O3S/c1-15(2)28-12-13-29(26,27)25-10-8-24(9-11-25)19(22-3)23-7-6-16-14-17(20)4-5-18(16)21/h4-5,14-15H,6-13H2,1-3H3,(H,22,23). The number of hydrogen-bond donors (Lipinski definition) is 1. The van der Waals surface area contributed by atoms with E-state index in [0.29, 0.717) is 50.7 Å². The number of nitrogens with one attached hydrogen (secondary N) is 1. The maximum absolute atomic E-state index is 13.7. The van der Waals surface area contributed by atoms with E-state index in [1.807, 2.05) is 18.7 Å². The van der Waals surface area contributed by atoms with E-state index in [1.165, 1.54) is 10.4 Å². The number of benzene rings is 1. The number of nitrogens with zero attached hydrogens (tertiary/aromatic N) is 3. The summed E-state index contributed by atoms with van der Waals surface area (Å²) >= 11 is 0. The zero-order chi connectivity index (χ0) is 21.4. The summed E-state index contributed by atoms with van der Waals surface area (Å²) in [7, 11) is -1.72. The van der Waals surface area contributed by atoms with Gasteiger partial charge < -0.3 is 15.0 Å². The minimum atomic E-state index is -3.35. The van der Waals surface area contributed by atoms with Gasteiger partial charge in [-0.1, -0.05) is 0 Å². The fourth-order valence-electron chi connectivity index (χ4n) is 3.07. The Morgan fingerprint density at radius 1 is 1.24 bits per heavy atom. The molecule has 0 atom stereocenters. The molecule has 0 aromatic heterocycles. The van der Waals surface area contributed by atoms with Gasteiger partial charge in [0.1, 0.15) is 11.6 Å². The van der Waals surface area contributed by atoms with Gasteiger partial charge >= 0.3 is 0 Å². The maximum Gasteiger partial charge on any atom is 0.216 e. The first kappa shape index (κ1) is 23.5. The van der Waals surface area contributed by atoms with E-state index >= 15 is 0 Å². The second-order valence-corrected chi connectivity index (χ2v) is 9.17. The molecule has 7 nitrogen and oxygen atoms in total. The lowest BCUT2D eigenvalue weighted by atomic mass is 10.1. The maximum atomic E-state index is 13.7. The molecule has 1 saturated heterocycles. The van der Waals surface area contributed by atoms with Crippen molar-refractivity contribution in [2.24, 2.45) is 4.99 Å². The van der Waals surface area contributed by atoms with Crippen molar-refractivity contribution >= 4 is 16.0 Å². The van der Waals surface area contributed by atoms with Gasteiger partial charge in [0, 0.05) is 39.8 Å². The van der Waals surface area contributed by atoms with Gasteiger partial charge in [0.15, 0.2) is 5.96 Å². The number of sulfonamides is 1. The Balaban J connectivity index is 1.81. The van der Waals surface area contributed by atoms with E-state index < -0.39 is 21.7 Å². The molecule has 2 rings (SSSR count). The summed E-state index contributed by atoms with van der Waals surface area (Å²) < 4.78 is 58.6. The third-order valence-electron chi connectivity index (χ3n) is 4.62. The minimum Gasteiger partial charge on any atom is -0.378 e. The Bertz CT molecular complexity index is 795. The molecule has 0 spiro atoms. The molecule has 0 amide bonds. The Morgan fingerprint density at radius 3 is 2.55 bits per heavy atom. The zero-order valence-corrected chi connectivity index (χ0v) is 18.0. The molecular weight excluding hydrogens is 402 g/mol. The van der Waals surface area contributed by atoms with Crippen molar-refractivity contribution in [2.75, 3.05) is 52.1 Å². The van der Waals surface area contributed by atoms with E-state index in [-0.39, 0.29) is 18.5 Å². The Morgan fingerprint density at radius 2 is 1.93 bits per heavy atom. The third-order valence-corrected chi connectivity index (χ3v) is 6.46. The van der Waals surface area contributed by atoms with Crippen molar-refractivity contribution in [3.63, 3.8) is 0 Å². The summed E-state index contributed by atoms with van der Waals surface area (Å²) in [5, 5.41) is 3.13. The number of rotatable bonds is 8. The second kappa shape index (κ2) is 10.8. The normalized spacial score (nSPS) is 16.5. The lowest BCUT2D eigenvalue weighted by molar-refractivity contribution is 0.0904. The Labute approximate surface area is 171 Å². The van der Waals surface area contributed by atoms with Crippen LogP contribution in [0.3, 0.4) is 0 Å². The summed E-state index contributed by atoms with van der Waals surface area (Å²) in [6, 6.07) is 3.39. The number of hydrogen-bond acceptors (Lipinski definition) is 4. The molecule has 1 N–H and O–H groups in total. The first-order valence-electron chi connectivity index (χ1n) is 9.72. The molecule has 29 heavy (non-hydrogen) atoms. The van der Waals surface area contributed by atoms with E-state index in [1.54, 1.807) is 7.05 Å². The number of halogens is 2. The van der Waals surface area contributed by atoms with E-state index in [2.05, 4.69) is 10.3 Å². The monoisotopic (exact) mass is 432 g/mol. The third kappa shape index (κ3) is 7.20. The number of aliphatic imine (C=N–C) groups is 1. The van der Waals surface area contributed by atoms with Crippen LogP contribution in [-0.2, 0) is 21.2 Å². The number of ether oxygens (including phenoxy) is 1. The van der Waals surface area contributed by atoms with Crippen molar-refractivity contribution in [3.8, 4) is 0 Å². The molecular formula is C19H30F2N4O3S. The quantitative estimate of drug-likeness (QED) is 0.497. The molecule has 1 aromatic carbocycles. The van der Waals surface area contributed by atoms with Gasteiger partial charge in [-0.2, -0.15) is 4.31 Å². The van der Waals surface area contributed by atoms with Gasteiger partial charge in [0.25, 0.3) is 0 Å². The molecule has 0 saturated carbocycles. The average molecular weight is 433 g/mol. The molecule has 0 unspecified atom stereocenters. The zero-order valence-electron chi connectivity index (χ0n) is 17.2. The lowest BCUT2D eigenvalue weighted by Gasteiger charge is -2.35. The summed E-state index contributed by atoms with van der Waals surface area (Å²) in [5.74, 6) is -0.329. The van der Waals surface area contributed by atoms with Gasteiger partial charge in [-0.25, -0.2) is 17.2 Å². The largest absolute Gasteiger partial charge is 0.378 e. The van der Waals surface area contributed by atoms with Gasteiger partial charge in [0.05, 0.1) is 18.5 Å². The fraction of sp³-hybridized carbons (Fsp3) is 0.632. The van der Waals surface area contributed by atoms with E-state index in [0.717, 1.165) is 12.1 Å². The predicted octanol–water partition coefficient (Wildman–Crippen LogP) is 1.46. The van der Waals surface area contributed by atoms with Crippen LogP contribution in [0.15, 0.2) is 23.2 Å². The van der Waals surface area contributed by atoms with Crippen molar-refractivity contribution in [1.82, 2.24) is 14.5 Å². The van der Waals surface area contributed by atoms with Crippen LogP contribution in [0, 0.1) is 11.6 Å². The molecule has 0 aliphatic carbocycles. The molecule has 164 valence electrons. The van der Waals surface area contributed by atoms with Crippen molar-refractivity contribution in [1.29, 1.82) is 0 Å². The predicted molar refractivity (Wildman–Crippen MR) is 109 cm³/mol. The first-order valence-corrected chi connectivity index (χ1v) is 11.3. The second-order valence-electron chi connectivity index (χ2n) is 7.08. The molecule has 10 heteroatoms. The summed E-state index contributed by atoms with van der Waals surface area (Å²) in [5.41, 5.74) is 0.299. The SMILES string of the molecule is CN=C(NCCc1cc(F)ccc1F)N1CCN(S(=O)(=O)CCOC(C)C)CC1. The highest BCUT2D eigenvalue weighted by molar-refractivity contribution is 7.89. The van der Waals surface area contributed by atoms with Crippen LogP contribution in [0.4, 0.5) is 8.78 Å². The molecule has 1 aromatic rings. The van der Waals surface area contributed by atoms with Gasteiger partial charge in [-0.15, -0.1) is 0 Å². The molecule has 1 fully saturated rings. The van der Waals surface area contributed by atoms with Crippen molar-refractivity contribution in [2.45, 2.75) is 26.4 Å². The highest BCUT2D eigenvalue weighted by atomic mass is 32.2. The van der Waals surface area contributed by atoms with E-state index in [4.69, 9.17) is 4.74 Å². The summed E-state index contributed by atoms with van der Waals surface area (Å²) in [4.78, 5) is 6.17. The molecule has 1 aliphatic rings. The van der Waals surface area contributed by atoms with Crippen LogP contribution in [0.5, 0.6) is 0 Å². The molecule has 1 heterocycles. The van der Waals surface area contributed by atoms with Crippen LogP contribution >= 0.6 is 0 Å². The average Bonchev–Trinajstić information content (AvgIpc) is 2.67. The van der Waals surface area contributed by atoms with Crippen LogP contribution in [0.2, 0.25) is 0 Å². The summed E-state index contributed by atoms with van der Waals surface area (Å²) in [6.07, 6.45) is 0.310. The Hall–Kier alpha value is -1.78. The topological polar surface area (TPSA) is 74.2 Å². The van der Waals surface area contributed by atoms with Gasteiger partial charge in [-0.3, -0.25) is 4.99 Å². The summed E-state index contributed by atoms with van der Waals surface area (Å²) in [6.45, 7) is 6.03. The van der Waals surface area contributed by atoms with Crippen molar-refractivity contribution < 1.29 is 21.9 Å². The number of guanidine groups is 1.